The Morgan fingerprint density at radius 3 is 2.43 bits per heavy atom. The van der Waals surface area contributed by atoms with Crippen molar-refractivity contribution in [3.05, 3.63) is 34.4 Å². The van der Waals surface area contributed by atoms with Gasteiger partial charge in [-0.15, -0.1) is 0 Å². The summed E-state index contributed by atoms with van der Waals surface area (Å²) < 4.78 is 24.1. The molecule has 2 heterocycles. The first kappa shape index (κ1) is 39.7. The third kappa shape index (κ3) is 7.77. The molecular formula is C40H58N4O10. The second-order valence-corrected chi connectivity index (χ2v) is 16.9. The van der Waals surface area contributed by atoms with Crippen molar-refractivity contribution in [1.82, 2.24) is 5.32 Å². The maximum Gasteiger partial charge on any atom is 0.335 e. The van der Waals surface area contributed by atoms with Gasteiger partial charge in [-0.25, -0.2) is 9.59 Å². The number of rotatable bonds is 16. The van der Waals surface area contributed by atoms with Crippen molar-refractivity contribution >= 4 is 29.8 Å². The van der Waals surface area contributed by atoms with Crippen LogP contribution in [0.3, 0.4) is 0 Å². The molecule has 11 unspecified atom stereocenters. The Labute approximate surface area is 316 Å². The summed E-state index contributed by atoms with van der Waals surface area (Å²) >= 11 is 0. The van der Waals surface area contributed by atoms with Gasteiger partial charge in [0.25, 0.3) is 0 Å². The smallest absolute Gasteiger partial charge is 0.335 e. The molecule has 1 aliphatic heterocycles. The summed E-state index contributed by atoms with van der Waals surface area (Å²) in [7, 11) is 0. The number of fused-ring (bicyclic) bond motifs is 3. The van der Waals surface area contributed by atoms with E-state index in [1.807, 2.05) is 6.07 Å². The number of guanidine groups is 1. The zero-order valence-corrected chi connectivity index (χ0v) is 31.9. The maximum atomic E-state index is 12.9. The number of aliphatic imine (C=N–C) groups is 1. The lowest BCUT2D eigenvalue weighted by molar-refractivity contribution is -0.168. The second-order valence-electron chi connectivity index (χ2n) is 16.9. The van der Waals surface area contributed by atoms with Gasteiger partial charge in [0, 0.05) is 43.7 Å². The molecule has 0 bridgehead atoms. The molecule has 54 heavy (non-hydrogen) atoms. The van der Waals surface area contributed by atoms with Crippen LogP contribution in [0.1, 0.15) is 129 Å². The number of carbonyl (C=O) groups excluding carboxylic acids is 3. The van der Waals surface area contributed by atoms with Crippen LogP contribution in [-0.2, 0) is 33.4 Å². The Morgan fingerprint density at radius 1 is 0.981 bits per heavy atom. The van der Waals surface area contributed by atoms with Crippen molar-refractivity contribution in [2.75, 3.05) is 6.54 Å². The summed E-state index contributed by atoms with van der Waals surface area (Å²) in [5, 5.41) is 12.0. The van der Waals surface area contributed by atoms with Gasteiger partial charge in [-0.1, -0.05) is 26.7 Å². The maximum absolute atomic E-state index is 12.9. The summed E-state index contributed by atoms with van der Waals surface area (Å²) in [5.74, 6) is -0.874. The molecule has 1 aromatic heterocycles. The number of carbonyl (C=O) groups is 4. The molecule has 11 atom stereocenters. The molecule has 0 aromatic carbocycles. The predicted octanol–water partition coefficient (Wildman–Crippen LogP) is 4.31. The molecule has 4 aliphatic carbocycles. The van der Waals surface area contributed by atoms with Crippen LogP contribution in [0.15, 0.2) is 32.6 Å². The Kier molecular flexibility index (Phi) is 11.8. The van der Waals surface area contributed by atoms with Crippen molar-refractivity contribution in [2.45, 2.75) is 153 Å². The van der Waals surface area contributed by atoms with E-state index < -0.39 is 29.3 Å². The van der Waals surface area contributed by atoms with Crippen LogP contribution in [0.5, 0.6) is 0 Å². The van der Waals surface area contributed by atoms with Gasteiger partial charge >= 0.3 is 23.5 Å². The van der Waals surface area contributed by atoms with Gasteiger partial charge in [0.05, 0.1) is 6.26 Å². The number of hydrogen-bond donors (Lipinski definition) is 4. The molecule has 5 fully saturated rings. The third-order valence-corrected chi connectivity index (χ3v) is 13.9. The number of epoxide rings is 1. The summed E-state index contributed by atoms with van der Waals surface area (Å²) in [4.78, 5) is 64.7. The van der Waals surface area contributed by atoms with Gasteiger partial charge in [-0.3, -0.25) is 19.4 Å². The minimum atomic E-state index is -1.09. The number of aliphatic carboxylic acids is 1. The average Bonchev–Trinajstić information content (AvgIpc) is 3.82. The zero-order valence-electron chi connectivity index (χ0n) is 31.9. The van der Waals surface area contributed by atoms with Gasteiger partial charge in [-0.05, 0) is 105 Å². The highest BCUT2D eigenvalue weighted by Crippen LogP contribution is 2.78. The van der Waals surface area contributed by atoms with Gasteiger partial charge < -0.3 is 40.5 Å². The number of unbranched alkanes of at least 4 members (excludes halogenated alkanes) is 3. The van der Waals surface area contributed by atoms with Crippen LogP contribution >= 0.6 is 0 Å². The fraction of sp³-hybridized carbons (Fsp3) is 0.750. The van der Waals surface area contributed by atoms with Crippen molar-refractivity contribution in [3.8, 4) is 0 Å². The summed E-state index contributed by atoms with van der Waals surface area (Å²) in [5.41, 5.74) is 10.5. The van der Waals surface area contributed by atoms with E-state index in [0.29, 0.717) is 50.0 Å². The van der Waals surface area contributed by atoms with Gasteiger partial charge in [0.2, 0.25) is 5.91 Å². The SMILES string of the molecule is CC(=O)OC1C(c2ccc(=O)oc2)C2(C)CCC3C(CCC4CC(OC(=O)CCCCCCC(=O)NC(CCCN=C(N)N)C(=O)O)CCC43C)C23OC13. The molecule has 5 aliphatic rings. The lowest BCUT2D eigenvalue weighted by Gasteiger charge is -2.61. The summed E-state index contributed by atoms with van der Waals surface area (Å²) in [6, 6.07) is 2.27. The highest BCUT2D eigenvalue weighted by molar-refractivity contribution is 5.83. The van der Waals surface area contributed by atoms with Crippen LogP contribution in [0.25, 0.3) is 0 Å². The van der Waals surface area contributed by atoms with E-state index in [2.05, 4.69) is 24.2 Å². The highest BCUT2D eigenvalue weighted by Gasteiger charge is 2.84. The number of carboxylic acids is 1. The molecule has 1 amide bonds. The monoisotopic (exact) mass is 754 g/mol. The molecule has 0 radical (unpaired) electrons. The number of hydrogen-bond acceptors (Lipinski definition) is 10. The van der Waals surface area contributed by atoms with Gasteiger partial charge in [0.1, 0.15) is 30.0 Å². The highest BCUT2D eigenvalue weighted by atomic mass is 16.7. The molecule has 4 saturated carbocycles. The third-order valence-electron chi connectivity index (χ3n) is 13.9. The zero-order chi connectivity index (χ0) is 38.8. The first-order valence-corrected chi connectivity index (χ1v) is 19.9. The van der Waals surface area contributed by atoms with E-state index >= 15 is 0 Å². The second kappa shape index (κ2) is 16.0. The number of esters is 2. The lowest BCUT2D eigenvalue weighted by Crippen LogP contribution is -2.58. The van der Waals surface area contributed by atoms with E-state index in [0.717, 1.165) is 63.4 Å². The van der Waals surface area contributed by atoms with E-state index in [-0.39, 0.29) is 65.6 Å². The number of nitrogens with two attached hydrogens (primary N) is 2. The van der Waals surface area contributed by atoms with Crippen LogP contribution < -0.4 is 22.4 Å². The number of nitrogens with zero attached hydrogens (tertiary/aromatic N) is 1. The predicted molar refractivity (Wildman–Crippen MR) is 197 cm³/mol. The van der Waals surface area contributed by atoms with Crippen molar-refractivity contribution in [3.63, 3.8) is 0 Å². The van der Waals surface area contributed by atoms with Crippen LogP contribution in [0.2, 0.25) is 0 Å². The minimum absolute atomic E-state index is 0.0556. The van der Waals surface area contributed by atoms with E-state index in [1.54, 1.807) is 0 Å². The Hall–Kier alpha value is -3.94. The first-order valence-electron chi connectivity index (χ1n) is 19.9. The normalized spacial score (nSPS) is 35.2. The van der Waals surface area contributed by atoms with Crippen LogP contribution in [0.4, 0.5) is 0 Å². The van der Waals surface area contributed by atoms with Gasteiger partial charge in [-0.2, -0.15) is 0 Å². The molecule has 1 saturated heterocycles. The number of nitrogens with one attached hydrogen (secondary N) is 1. The molecule has 1 aromatic rings. The Balaban J connectivity index is 0.952. The number of carboxylic acid groups (broad SMARTS) is 1. The van der Waals surface area contributed by atoms with E-state index in [4.69, 9.17) is 30.1 Å². The standard InChI is InChI=1S/C40H58N4O10/c1-23(45)52-34-33(24-12-15-31(47)51-22-24)39(3)19-17-27-28(40(39)35(34)54-40)14-13-25-21-26(16-18-38(25,27)2)53-32(48)11-7-5-4-6-10-30(46)44-29(36(49)50)9-8-20-43-37(41)42/h12,15,22,25-29,33-35H,4-11,13-14,16-21H2,1-3H3,(H,44,46)(H,49,50)(H4,41,42,43). The van der Waals surface area contributed by atoms with Crippen LogP contribution in [-0.4, -0.2) is 71.4 Å². The Bertz CT molecular complexity index is 1640. The molecular weight excluding hydrogens is 696 g/mol. The number of ether oxygens (including phenoxy) is 3. The van der Waals surface area contributed by atoms with E-state index in [1.165, 1.54) is 19.3 Å². The summed E-state index contributed by atoms with van der Waals surface area (Å²) in [6.45, 7) is 6.45. The summed E-state index contributed by atoms with van der Waals surface area (Å²) in [6.07, 6.45) is 11.5. The fourth-order valence-corrected chi connectivity index (χ4v) is 11.4. The minimum Gasteiger partial charge on any atom is -0.480 e. The molecule has 14 heteroatoms. The fourth-order valence-electron chi connectivity index (χ4n) is 11.4. The molecule has 6 N–H and O–H groups in total. The van der Waals surface area contributed by atoms with Crippen molar-refractivity contribution < 1.29 is 42.9 Å². The Morgan fingerprint density at radius 2 is 1.74 bits per heavy atom. The van der Waals surface area contributed by atoms with Crippen LogP contribution in [0, 0.1) is 28.6 Å². The first-order chi connectivity index (χ1) is 25.7. The average molecular weight is 755 g/mol. The van der Waals surface area contributed by atoms with Crippen molar-refractivity contribution in [1.29, 1.82) is 0 Å². The molecule has 1 spiro atoms. The lowest BCUT2D eigenvalue weighted by atomic mass is 9.44. The molecule has 6 rings (SSSR count). The topological polar surface area (TPSA) is 226 Å². The molecule has 298 valence electrons. The largest absolute Gasteiger partial charge is 0.480 e. The van der Waals surface area contributed by atoms with Crippen molar-refractivity contribution in [2.24, 2.45) is 45.0 Å². The quantitative estimate of drug-likeness (QED) is 0.0609. The van der Waals surface area contributed by atoms with E-state index in [9.17, 15) is 29.1 Å². The molecule has 14 nitrogen and oxygen atoms in total. The number of amides is 1. The van der Waals surface area contributed by atoms with Gasteiger partial charge in [0.15, 0.2) is 5.96 Å².